The van der Waals surface area contributed by atoms with Crippen LogP contribution in [0.25, 0.3) is 11.4 Å². The Morgan fingerprint density at radius 1 is 1.12 bits per heavy atom. The summed E-state index contributed by atoms with van der Waals surface area (Å²) in [4.78, 5) is 15.0. The third kappa shape index (κ3) is 6.17. The first-order valence-corrected chi connectivity index (χ1v) is 14.3. The number of benzene rings is 1. The number of alkyl halides is 3. The van der Waals surface area contributed by atoms with Gasteiger partial charge in [-0.3, -0.25) is 20.0 Å². The normalized spacial score (nSPS) is 19.2. The van der Waals surface area contributed by atoms with E-state index in [9.17, 15) is 13.2 Å². The Morgan fingerprint density at radius 3 is 2.63 bits per heavy atom. The lowest BCUT2D eigenvalue weighted by atomic mass is 9.88. The molecule has 1 unspecified atom stereocenters. The number of para-hydroxylation sites is 1. The zero-order valence-electron chi connectivity index (χ0n) is 23.6. The van der Waals surface area contributed by atoms with Gasteiger partial charge in [-0.15, -0.1) is 0 Å². The van der Waals surface area contributed by atoms with Gasteiger partial charge in [-0.25, -0.2) is 4.98 Å². The van der Waals surface area contributed by atoms with Crippen LogP contribution in [0.3, 0.4) is 0 Å². The molecule has 1 N–H and O–H groups in total. The number of pyridine rings is 2. The van der Waals surface area contributed by atoms with E-state index in [1.807, 2.05) is 24.2 Å². The van der Waals surface area contributed by atoms with Crippen molar-refractivity contribution in [3.05, 3.63) is 82.2 Å². The highest BCUT2D eigenvalue weighted by atomic mass is 35.5. The van der Waals surface area contributed by atoms with Gasteiger partial charge >= 0.3 is 6.18 Å². The van der Waals surface area contributed by atoms with Crippen molar-refractivity contribution in [1.29, 1.82) is 0 Å². The molecule has 0 saturated carbocycles. The van der Waals surface area contributed by atoms with E-state index in [4.69, 9.17) is 25.8 Å². The van der Waals surface area contributed by atoms with Crippen molar-refractivity contribution in [1.82, 2.24) is 30.0 Å². The first-order valence-electron chi connectivity index (χ1n) is 13.9. The fourth-order valence-corrected chi connectivity index (χ4v) is 5.69. The van der Waals surface area contributed by atoms with Crippen LogP contribution in [-0.4, -0.2) is 56.9 Å². The zero-order chi connectivity index (χ0) is 30.2. The Labute approximate surface area is 251 Å². The summed E-state index contributed by atoms with van der Waals surface area (Å²) in [6, 6.07) is 11.4. The number of hydrogen-bond donors (Lipinski definition) is 1. The van der Waals surface area contributed by atoms with E-state index in [1.54, 1.807) is 31.5 Å². The summed E-state index contributed by atoms with van der Waals surface area (Å²) in [5.41, 5.74) is 3.92. The van der Waals surface area contributed by atoms with E-state index in [-0.39, 0.29) is 11.7 Å². The number of hydrogen-bond acceptors (Lipinski definition) is 8. The second-order valence-electron chi connectivity index (χ2n) is 10.8. The SMILES string of the molecule is COCCc1cc(-c2n[nH]c(C(F)(F)F)n2)cnc1CN1CCC(c2cccc3c2OC(C)(c2ccc(Cl)cn2)O3)CC1. The average Bonchev–Trinajstić information content (AvgIpc) is 3.63. The van der Waals surface area contributed by atoms with Gasteiger partial charge in [0, 0.05) is 44.1 Å². The zero-order valence-corrected chi connectivity index (χ0v) is 24.4. The van der Waals surface area contributed by atoms with E-state index < -0.39 is 17.8 Å². The summed E-state index contributed by atoms with van der Waals surface area (Å²) in [7, 11) is 1.61. The van der Waals surface area contributed by atoms with Crippen molar-refractivity contribution in [2.24, 2.45) is 0 Å². The lowest BCUT2D eigenvalue weighted by Crippen LogP contribution is -2.34. The molecule has 2 aliphatic heterocycles. The summed E-state index contributed by atoms with van der Waals surface area (Å²) < 4.78 is 57.0. The molecule has 0 amide bonds. The van der Waals surface area contributed by atoms with Crippen molar-refractivity contribution < 1.29 is 27.4 Å². The molecule has 5 heterocycles. The molecule has 0 spiro atoms. The Kier molecular flexibility index (Phi) is 8.01. The molecule has 1 atom stereocenters. The van der Waals surface area contributed by atoms with Gasteiger partial charge in [0.1, 0.15) is 5.69 Å². The van der Waals surface area contributed by atoms with E-state index >= 15 is 0 Å². The van der Waals surface area contributed by atoms with Crippen molar-refractivity contribution in [3.8, 4) is 22.9 Å². The molecule has 13 heteroatoms. The van der Waals surface area contributed by atoms with Crippen molar-refractivity contribution in [2.75, 3.05) is 26.8 Å². The summed E-state index contributed by atoms with van der Waals surface area (Å²) in [6.45, 7) is 4.60. The maximum atomic E-state index is 13.0. The number of nitrogens with zero attached hydrogens (tertiary/aromatic N) is 5. The monoisotopic (exact) mass is 614 g/mol. The first-order chi connectivity index (χ1) is 20.6. The van der Waals surface area contributed by atoms with E-state index in [0.29, 0.717) is 41.6 Å². The Morgan fingerprint density at radius 2 is 1.93 bits per heavy atom. The number of likely N-dealkylation sites (tertiary alicyclic amines) is 1. The topological polar surface area (TPSA) is 98.3 Å². The van der Waals surface area contributed by atoms with Crippen LogP contribution in [0.2, 0.25) is 5.02 Å². The lowest BCUT2D eigenvalue weighted by molar-refractivity contribution is -0.144. The molecule has 1 saturated heterocycles. The van der Waals surface area contributed by atoms with Crippen LogP contribution < -0.4 is 9.47 Å². The fraction of sp³-hybridized carbons (Fsp3) is 0.400. The van der Waals surface area contributed by atoms with Gasteiger partial charge in [0.15, 0.2) is 17.3 Å². The highest BCUT2D eigenvalue weighted by Crippen LogP contribution is 2.49. The van der Waals surface area contributed by atoms with Gasteiger partial charge in [-0.2, -0.15) is 18.3 Å². The molecular formula is C30H30ClF3N6O3. The fourth-order valence-electron chi connectivity index (χ4n) is 5.58. The van der Waals surface area contributed by atoms with Crippen LogP contribution in [0, 0.1) is 0 Å². The van der Waals surface area contributed by atoms with Crippen LogP contribution in [0.1, 0.15) is 54.0 Å². The highest BCUT2D eigenvalue weighted by molar-refractivity contribution is 6.30. The molecular weight excluding hydrogens is 585 g/mol. The third-order valence-corrected chi connectivity index (χ3v) is 8.08. The Balaban J connectivity index is 1.14. The molecule has 0 bridgehead atoms. The number of aromatic nitrogens is 5. The Hall–Kier alpha value is -3.74. The highest BCUT2D eigenvalue weighted by Gasteiger charge is 2.42. The molecule has 226 valence electrons. The van der Waals surface area contributed by atoms with Crippen LogP contribution in [-0.2, 0) is 29.7 Å². The van der Waals surface area contributed by atoms with Crippen molar-refractivity contribution in [2.45, 2.75) is 50.6 Å². The Bertz CT molecular complexity index is 1590. The molecule has 1 fully saturated rings. The summed E-state index contributed by atoms with van der Waals surface area (Å²) in [5.74, 6) is -0.498. The quantitative estimate of drug-likeness (QED) is 0.253. The molecule has 9 nitrogen and oxygen atoms in total. The number of methoxy groups -OCH3 is 1. The molecule has 6 rings (SSSR count). The number of halogens is 4. The molecule has 43 heavy (non-hydrogen) atoms. The van der Waals surface area contributed by atoms with Gasteiger partial charge in [0.2, 0.25) is 5.82 Å². The number of nitrogens with one attached hydrogen (secondary N) is 1. The van der Waals surface area contributed by atoms with E-state index in [0.717, 1.165) is 48.5 Å². The summed E-state index contributed by atoms with van der Waals surface area (Å²) in [6.07, 6.45) is 0.899. The van der Waals surface area contributed by atoms with Crippen LogP contribution in [0.4, 0.5) is 13.2 Å². The number of rotatable bonds is 8. The predicted molar refractivity (Wildman–Crippen MR) is 152 cm³/mol. The molecule has 4 aromatic rings. The predicted octanol–water partition coefficient (Wildman–Crippen LogP) is 6.15. The van der Waals surface area contributed by atoms with Crippen LogP contribution in [0.15, 0.2) is 48.8 Å². The van der Waals surface area contributed by atoms with Gasteiger partial charge in [-0.05, 0) is 68.1 Å². The smallest absolute Gasteiger partial charge is 0.443 e. The maximum Gasteiger partial charge on any atom is 0.451 e. The van der Waals surface area contributed by atoms with Gasteiger partial charge in [0.05, 0.1) is 17.3 Å². The van der Waals surface area contributed by atoms with E-state index in [1.165, 1.54) is 6.20 Å². The number of aromatic amines is 1. The largest absolute Gasteiger partial charge is 0.451 e. The van der Waals surface area contributed by atoms with Crippen molar-refractivity contribution >= 4 is 11.6 Å². The number of H-pyrrole nitrogens is 1. The maximum absolute atomic E-state index is 13.0. The minimum Gasteiger partial charge on any atom is -0.443 e. The van der Waals surface area contributed by atoms with E-state index in [2.05, 4.69) is 31.0 Å². The third-order valence-electron chi connectivity index (χ3n) is 7.85. The van der Waals surface area contributed by atoms with Gasteiger partial charge in [-0.1, -0.05) is 23.7 Å². The second kappa shape index (κ2) is 11.7. The molecule has 2 aliphatic rings. The summed E-state index contributed by atoms with van der Waals surface area (Å²) in [5, 5.41) is 6.25. The number of fused-ring (bicyclic) bond motifs is 1. The molecule has 0 radical (unpaired) electrons. The molecule has 1 aromatic carbocycles. The average molecular weight is 615 g/mol. The van der Waals surface area contributed by atoms with Crippen LogP contribution in [0.5, 0.6) is 11.5 Å². The summed E-state index contributed by atoms with van der Waals surface area (Å²) >= 11 is 6.02. The molecule has 3 aromatic heterocycles. The number of ether oxygens (including phenoxy) is 3. The standard InChI is InChI=1S/C30H30ClF3N6O3/c1-29(25-7-6-21(31)16-36-25)42-24-5-3-4-22(26(24)43-29)18-8-11-40(12-9-18)17-23-19(10-13-41-2)14-20(15-35-23)27-37-28(39-38-27)30(32,33)34/h3-7,14-16,18H,8-13,17H2,1-2H3,(H,37,38,39). The first kappa shape index (κ1) is 29.3. The van der Waals surface area contributed by atoms with Gasteiger partial charge in [0.25, 0.3) is 5.79 Å². The second-order valence-corrected chi connectivity index (χ2v) is 11.3. The lowest BCUT2D eigenvalue weighted by Gasteiger charge is -2.32. The minimum absolute atomic E-state index is 0.0459. The molecule has 0 aliphatic carbocycles. The van der Waals surface area contributed by atoms with Crippen LogP contribution >= 0.6 is 11.6 Å². The van der Waals surface area contributed by atoms with Gasteiger partial charge < -0.3 is 14.2 Å². The van der Waals surface area contributed by atoms with Crippen molar-refractivity contribution in [3.63, 3.8) is 0 Å². The number of piperidine rings is 1. The minimum atomic E-state index is -4.60.